The van der Waals surface area contributed by atoms with Gasteiger partial charge in [0.2, 0.25) is 0 Å². The van der Waals surface area contributed by atoms with Crippen LogP contribution in [0.3, 0.4) is 0 Å². The first-order valence-electron chi connectivity index (χ1n) is 11.3. The number of nitrogens with one attached hydrogen (secondary N) is 1. The zero-order valence-corrected chi connectivity index (χ0v) is 18.5. The van der Waals surface area contributed by atoms with Crippen LogP contribution in [-0.2, 0) is 11.3 Å². The van der Waals surface area contributed by atoms with Crippen LogP contribution in [0, 0.1) is 0 Å². The lowest BCUT2D eigenvalue weighted by atomic mass is 9.94. The van der Waals surface area contributed by atoms with Crippen molar-refractivity contribution in [1.29, 1.82) is 0 Å². The van der Waals surface area contributed by atoms with Crippen molar-refractivity contribution >= 4 is 5.91 Å². The van der Waals surface area contributed by atoms with E-state index in [-0.39, 0.29) is 23.7 Å². The molecule has 6 heteroatoms. The van der Waals surface area contributed by atoms with Crippen molar-refractivity contribution < 1.29 is 14.3 Å². The SMILES string of the molecule is CC1(C)C[C@H](NC(=O)c2ccc(OC3CCN(Cc4ccccn4)CC3)cc2)CCO1. The van der Waals surface area contributed by atoms with Crippen LogP contribution >= 0.6 is 0 Å². The highest BCUT2D eigenvalue weighted by Gasteiger charge is 2.29. The fraction of sp³-hybridized carbons (Fsp3) is 0.520. The average Bonchev–Trinajstić information content (AvgIpc) is 2.76. The summed E-state index contributed by atoms with van der Waals surface area (Å²) < 4.78 is 11.9. The van der Waals surface area contributed by atoms with E-state index in [1.807, 2.05) is 42.6 Å². The minimum absolute atomic E-state index is 0.0305. The maximum Gasteiger partial charge on any atom is 0.251 e. The van der Waals surface area contributed by atoms with Crippen LogP contribution in [0.4, 0.5) is 0 Å². The van der Waals surface area contributed by atoms with Gasteiger partial charge in [0.15, 0.2) is 0 Å². The fourth-order valence-electron chi connectivity index (χ4n) is 4.41. The molecule has 4 rings (SSSR count). The quantitative estimate of drug-likeness (QED) is 0.765. The molecule has 1 aromatic carbocycles. The zero-order valence-electron chi connectivity index (χ0n) is 18.5. The third kappa shape index (κ3) is 6.28. The van der Waals surface area contributed by atoms with Crippen molar-refractivity contribution in [2.45, 2.75) is 63.8 Å². The second kappa shape index (κ2) is 9.79. The molecule has 3 heterocycles. The Bertz CT molecular complexity index is 846. The number of carbonyl (C=O) groups is 1. The number of hydrogen-bond donors (Lipinski definition) is 1. The lowest BCUT2D eigenvalue weighted by Gasteiger charge is -2.35. The zero-order chi connectivity index (χ0) is 21.7. The Labute approximate surface area is 185 Å². The van der Waals surface area contributed by atoms with Gasteiger partial charge in [-0.3, -0.25) is 14.7 Å². The first kappa shape index (κ1) is 21.8. The summed E-state index contributed by atoms with van der Waals surface area (Å²) in [7, 11) is 0. The molecule has 0 radical (unpaired) electrons. The lowest BCUT2D eigenvalue weighted by Crippen LogP contribution is -2.45. The van der Waals surface area contributed by atoms with Crippen molar-refractivity contribution in [3.8, 4) is 5.75 Å². The molecule has 2 aliphatic rings. The number of benzene rings is 1. The second-order valence-corrected chi connectivity index (χ2v) is 9.21. The third-order valence-electron chi connectivity index (χ3n) is 6.10. The minimum Gasteiger partial charge on any atom is -0.490 e. The summed E-state index contributed by atoms with van der Waals surface area (Å²) in [5.74, 6) is 0.795. The first-order chi connectivity index (χ1) is 15.0. The summed E-state index contributed by atoms with van der Waals surface area (Å²) in [6, 6.07) is 13.7. The van der Waals surface area contributed by atoms with Crippen LogP contribution in [0.25, 0.3) is 0 Å². The highest BCUT2D eigenvalue weighted by Crippen LogP contribution is 2.25. The van der Waals surface area contributed by atoms with E-state index < -0.39 is 0 Å². The van der Waals surface area contributed by atoms with Gasteiger partial charge in [0, 0.05) is 44.0 Å². The predicted molar refractivity (Wildman–Crippen MR) is 120 cm³/mol. The van der Waals surface area contributed by atoms with E-state index in [4.69, 9.17) is 9.47 Å². The van der Waals surface area contributed by atoms with E-state index in [1.165, 1.54) is 0 Å². The molecule has 166 valence electrons. The number of rotatable bonds is 6. The Balaban J connectivity index is 1.23. The van der Waals surface area contributed by atoms with Crippen molar-refractivity contribution in [2.24, 2.45) is 0 Å². The molecular formula is C25H33N3O3. The normalized spacial score (nSPS) is 22.1. The van der Waals surface area contributed by atoms with Gasteiger partial charge in [0.05, 0.1) is 11.3 Å². The van der Waals surface area contributed by atoms with Crippen LogP contribution < -0.4 is 10.1 Å². The van der Waals surface area contributed by atoms with E-state index >= 15 is 0 Å². The standard InChI is InChI=1S/C25H33N3O3/c1-25(2)17-20(12-16-30-25)27-24(29)19-6-8-22(9-7-19)31-23-10-14-28(15-11-23)18-21-5-3-4-13-26-21/h3-9,13,20,23H,10-12,14-18H2,1-2H3,(H,27,29)/t20-/m1/s1. The summed E-state index contributed by atoms with van der Waals surface area (Å²) in [5, 5.41) is 3.15. The Morgan fingerprint density at radius 2 is 1.94 bits per heavy atom. The summed E-state index contributed by atoms with van der Waals surface area (Å²) in [6.45, 7) is 7.72. The Morgan fingerprint density at radius 3 is 2.61 bits per heavy atom. The van der Waals surface area contributed by atoms with Crippen molar-refractivity contribution in [2.75, 3.05) is 19.7 Å². The van der Waals surface area contributed by atoms with E-state index in [0.29, 0.717) is 12.2 Å². The molecule has 0 bridgehead atoms. The molecule has 0 spiro atoms. The summed E-state index contributed by atoms with van der Waals surface area (Å²) in [6.07, 6.45) is 5.74. The molecule has 0 saturated carbocycles. The molecule has 0 aliphatic carbocycles. The average molecular weight is 424 g/mol. The molecule has 6 nitrogen and oxygen atoms in total. The summed E-state index contributed by atoms with van der Waals surface area (Å²) >= 11 is 0. The Hall–Kier alpha value is -2.44. The van der Waals surface area contributed by atoms with Gasteiger partial charge in [0.25, 0.3) is 5.91 Å². The number of aromatic nitrogens is 1. The van der Waals surface area contributed by atoms with Crippen LogP contribution in [-0.4, -0.2) is 53.2 Å². The van der Waals surface area contributed by atoms with Gasteiger partial charge in [-0.05, 0) is 75.9 Å². The number of pyridine rings is 1. The molecule has 1 amide bonds. The number of amides is 1. The molecule has 2 aromatic rings. The van der Waals surface area contributed by atoms with Gasteiger partial charge in [-0.2, -0.15) is 0 Å². The van der Waals surface area contributed by atoms with Crippen molar-refractivity contribution in [3.05, 3.63) is 59.9 Å². The molecule has 1 atom stereocenters. The number of ether oxygens (including phenoxy) is 2. The van der Waals surface area contributed by atoms with E-state index in [0.717, 1.165) is 56.8 Å². The van der Waals surface area contributed by atoms with E-state index in [9.17, 15) is 4.79 Å². The van der Waals surface area contributed by atoms with Gasteiger partial charge in [-0.1, -0.05) is 6.07 Å². The number of hydrogen-bond acceptors (Lipinski definition) is 5. The van der Waals surface area contributed by atoms with Gasteiger partial charge in [0.1, 0.15) is 11.9 Å². The minimum atomic E-state index is -0.179. The van der Waals surface area contributed by atoms with Gasteiger partial charge < -0.3 is 14.8 Å². The molecule has 31 heavy (non-hydrogen) atoms. The maximum absolute atomic E-state index is 12.6. The maximum atomic E-state index is 12.6. The topological polar surface area (TPSA) is 63.7 Å². The molecular weight excluding hydrogens is 390 g/mol. The van der Waals surface area contributed by atoms with Gasteiger partial charge >= 0.3 is 0 Å². The number of nitrogens with zero attached hydrogens (tertiary/aromatic N) is 2. The van der Waals surface area contributed by atoms with Crippen LogP contribution in [0.1, 0.15) is 55.6 Å². The van der Waals surface area contributed by atoms with Crippen LogP contribution in [0.15, 0.2) is 48.7 Å². The van der Waals surface area contributed by atoms with Crippen LogP contribution in [0.5, 0.6) is 5.75 Å². The molecule has 1 N–H and O–H groups in total. The Kier molecular flexibility index (Phi) is 6.88. The molecule has 0 unspecified atom stereocenters. The molecule has 2 aliphatic heterocycles. The largest absolute Gasteiger partial charge is 0.490 e. The molecule has 1 aromatic heterocycles. The first-order valence-corrected chi connectivity index (χ1v) is 11.3. The predicted octanol–water partition coefficient (Wildman–Crippen LogP) is 3.81. The summed E-state index contributed by atoms with van der Waals surface area (Å²) in [4.78, 5) is 19.4. The molecule has 2 fully saturated rings. The smallest absolute Gasteiger partial charge is 0.251 e. The fourth-order valence-corrected chi connectivity index (χ4v) is 4.41. The monoisotopic (exact) mass is 423 g/mol. The highest BCUT2D eigenvalue weighted by molar-refractivity contribution is 5.94. The number of piperidine rings is 1. The van der Waals surface area contributed by atoms with Crippen LogP contribution in [0.2, 0.25) is 0 Å². The van der Waals surface area contributed by atoms with E-state index in [1.54, 1.807) is 0 Å². The second-order valence-electron chi connectivity index (χ2n) is 9.21. The Morgan fingerprint density at radius 1 is 1.16 bits per heavy atom. The molecule has 2 saturated heterocycles. The van der Waals surface area contributed by atoms with Crippen molar-refractivity contribution in [1.82, 2.24) is 15.2 Å². The lowest BCUT2D eigenvalue weighted by molar-refractivity contribution is -0.0615. The highest BCUT2D eigenvalue weighted by atomic mass is 16.5. The number of likely N-dealkylation sites (tertiary alicyclic amines) is 1. The third-order valence-corrected chi connectivity index (χ3v) is 6.10. The van der Waals surface area contributed by atoms with Crippen molar-refractivity contribution in [3.63, 3.8) is 0 Å². The number of carbonyl (C=O) groups excluding carboxylic acids is 1. The van der Waals surface area contributed by atoms with Gasteiger partial charge in [-0.25, -0.2) is 0 Å². The summed E-state index contributed by atoms with van der Waals surface area (Å²) in [5.41, 5.74) is 1.60. The van der Waals surface area contributed by atoms with Gasteiger partial charge in [-0.15, -0.1) is 0 Å². The van der Waals surface area contributed by atoms with E-state index in [2.05, 4.69) is 35.1 Å².